The van der Waals surface area contributed by atoms with Crippen molar-refractivity contribution in [2.24, 2.45) is 0 Å². The summed E-state index contributed by atoms with van der Waals surface area (Å²) < 4.78 is 4.76. The topological polar surface area (TPSA) is 33.6 Å². The maximum Gasteiger partial charge on any atom is 0.0992 e. The Morgan fingerprint density at radius 2 is 1.17 bits per heavy atom. The Morgan fingerprint density at radius 3 is 1.87 bits per heavy atom. The van der Waals surface area contributed by atoms with Crippen molar-refractivity contribution < 1.29 is 0 Å². The van der Waals surface area contributed by atoms with E-state index in [2.05, 4.69) is 143 Å². The van der Waals surface area contributed by atoms with Crippen molar-refractivity contribution >= 4 is 34.0 Å². The molecule has 0 amide bonds. The molecule has 7 aromatic rings. The van der Waals surface area contributed by atoms with Crippen molar-refractivity contribution in [3.8, 4) is 39.7 Å². The van der Waals surface area contributed by atoms with Crippen LogP contribution in [0.25, 0.3) is 67.6 Å². The average molecular weight is 590 g/mol. The van der Waals surface area contributed by atoms with Crippen LogP contribution in [0.2, 0.25) is 0 Å². The first-order valence-corrected chi connectivity index (χ1v) is 16.1. The molecule has 0 spiro atoms. The third-order valence-corrected chi connectivity index (χ3v) is 9.71. The van der Waals surface area contributed by atoms with E-state index in [1.165, 1.54) is 55.6 Å². The lowest BCUT2D eigenvalue weighted by Gasteiger charge is -2.17. The van der Waals surface area contributed by atoms with E-state index in [4.69, 9.17) is 0 Å². The molecule has 0 atom stereocenters. The fourth-order valence-electron chi connectivity index (χ4n) is 7.61. The summed E-state index contributed by atoms with van der Waals surface area (Å²) in [5.74, 6) is 0. The normalized spacial score (nSPS) is 13.5. The molecule has 2 aromatic heterocycles. The summed E-state index contributed by atoms with van der Waals surface area (Å²) in [7, 11) is 0. The lowest BCUT2D eigenvalue weighted by Crippen LogP contribution is -2.03. The van der Waals surface area contributed by atoms with Gasteiger partial charge in [-0.25, -0.2) is 0 Å². The minimum atomic E-state index is 0.659. The third-order valence-electron chi connectivity index (χ3n) is 9.71. The summed E-state index contributed by atoms with van der Waals surface area (Å²) in [4.78, 5) is 0. The maximum absolute atomic E-state index is 9.90. The number of allylic oxidation sites excluding steroid dienone is 2. The number of nitrogens with zero attached hydrogens (tertiary/aromatic N) is 3. The summed E-state index contributed by atoms with van der Waals surface area (Å²) >= 11 is 0. The fourth-order valence-corrected chi connectivity index (χ4v) is 7.61. The molecule has 218 valence electrons. The van der Waals surface area contributed by atoms with E-state index in [0.717, 1.165) is 48.1 Å². The van der Waals surface area contributed by atoms with Gasteiger partial charge in [0.15, 0.2) is 0 Å². The number of benzene rings is 5. The van der Waals surface area contributed by atoms with Crippen molar-refractivity contribution in [1.82, 2.24) is 9.13 Å². The van der Waals surface area contributed by atoms with Crippen LogP contribution in [0, 0.1) is 11.3 Å². The molecule has 0 saturated carbocycles. The average Bonchev–Trinajstić information content (AvgIpc) is 3.65. The van der Waals surface area contributed by atoms with E-state index in [9.17, 15) is 5.26 Å². The molecule has 2 aliphatic rings. The van der Waals surface area contributed by atoms with Crippen LogP contribution in [-0.4, -0.2) is 9.13 Å². The van der Waals surface area contributed by atoms with E-state index < -0.39 is 0 Å². The van der Waals surface area contributed by atoms with Crippen LogP contribution in [0.1, 0.15) is 40.9 Å². The molecule has 0 aliphatic heterocycles. The highest BCUT2D eigenvalue weighted by molar-refractivity contribution is 5.93. The number of para-hydroxylation sites is 2. The second-order valence-electron chi connectivity index (χ2n) is 12.3. The van der Waals surface area contributed by atoms with E-state index in [1.807, 2.05) is 12.1 Å². The van der Waals surface area contributed by atoms with Gasteiger partial charge in [0.2, 0.25) is 0 Å². The highest BCUT2D eigenvalue weighted by atomic mass is 15.0. The Bertz CT molecular complexity index is 2420. The van der Waals surface area contributed by atoms with Gasteiger partial charge in [0.25, 0.3) is 0 Å². The van der Waals surface area contributed by atoms with Gasteiger partial charge in [0.1, 0.15) is 0 Å². The van der Waals surface area contributed by atoms with E-state index in [0.29, 0.717) is 5.56 Å². The van der Waals surface area contributed by atoms with Crippen LogP contribution in [0.15, 0.2) is 127 Å². The smallest absolute Gasteiger partial charge is 0.0992 e. The first-order chi connectivity index (χ1) is 22.8. The van der Waals surface area contributed by atoms with Crippen LogP contribution >= 0.6 is 0 Å². The maximum atomic E-state index is 9.90. The number of hydrogen-bond donors (Lipinski definition) is 0. The summed E-state index contributed by atoms with van der Waals surface area (Å²) in [5.41, 5.74) is 15.2. The van der Waals surface area contributed by atoms with Crippen LogP contribution < -0.4 is 0 Å². The van der Waals surface area contributed by atoms with E-state index >= 15 is 0 Å². The van der Waals surface area contributed by atoms with Gasteiger partial charge in [0.05, 0.1) is 28.4 Å². The second-order valence-corrected chi connectivity index (χ2v) is 12.3. The van der Waals surface area contributed by atoms with Crippen molar-refractivity contribution in [2.45, 2.75) is 25.7 Å². The molecule has 0 bridgehead atoms. The van der Waals surface area contributed by atoms with Crippen molar-refractivity contribution in [3.05, 3.63) is 155 Å². The second kappa shape index (κ2) is 10.6. The predicted molar refractivity (Wildman–Crippen MR) is 190 cm³/mol. The zero-order valence-electron chi connectivity index (χ0n) is 25.4. The molecule has 2 aliphatic carbocycles. The summed E-state index contributed by atoms with van der Waals surface area (Å²) in [6, 6.07) is 43.6. The highest BCUT2D eigenvalue weighted by Crippen LogP contribution is 2.39. The number of hydrogen-bond acceptors (Lipinski definition) is 1. The Morgan fingerprint density at radius 1 is 0.543 bits per heavy atom. The zero-order chi connectivity index (χ0) is 30.6. The van der Waals surface area contributed by atoms with Crippen molar-refractivity contribution in [2.75, 3.05) is 0 Å². The number of fused-ring (bicyclic) bond motifs is 6. The molecule has 0 unspecified atom stereocenters. The lowest BCUT2D eigenvalue weighted by atomic mass is 9.96. The predicted octanol–water partition coefficient (Wildman–Crippen LogP) is 10.7. The summed E-state index contributed by atoms with van der Waals surface area (Å²) in [6.45, 7) is 0. The van der Waals surface area contributed by atoms with Gasteiger partial charge >= 0.3 is 0 Å². The third kappa shape index (κ3) is 4.11. The fraction of sp³-hybridized carbons (Fsp3) is 0.0930. The minimum absolute atomic E-state index is 0.659. The molecule has 0 N–H and O–H groups in total. The molecule has 5 aromatic carbocycles. The SMILES string of the molecule is N#Cc1ccc(-c2cccc(-c3ccc(-n4c5c(c6ccccc64)CCC=C5)cc3)c2)c(-n2c3c(c4ccccc42)CCC=C3)c1. The summed E-state index contributed by atoms with van der Waals surface area (Å²) in [5, 5.41) is 12.5. The number of nitriles is 1. The van der Waals surface area contributed by atoms with E-state index in [-0.39, 0.29) is 0 Å². The van der Waals surface area contributed by atoms with Crippen molar-refractivity contribution in [1.29, 1.82) is 5.26 Å². The molecule has 0 saturated heterocycles. The van der Waals surface area contributed by atoms with Gasteiger partial charge < -0.3 is 9.13 Å². The minimum Gasteiger partial charge on any atom is -0.310 e. The first-order valence-electron chi connectivity index (χ1n) is 16.1. The molecule has 0 fully saturated rings. The Labute approximate surface area is 268 Å². The Balaban J connectivity index is 1.15. The van der Waals surface area contributed by atoms with Crippen LogP contribution in [0.5, 0.6) is 0 Å². The van der Waals surface area contributed by atoms with Crippen LogP contribution in [0.4, 0.5) is 0 Å². The molecule has 0 radical (unpaired) electrons. The van der Waals surface area contributed by atoms with Gasteiger partial charge in [-0.05, 0) is 108 Å². The van der Waals surface area contributed by atoms with Crippen LogP contribution in [-0.2, 0) is 12.8 Å². The molecule has 3 heteroatoms. The Kier molecular flexibility index (Phi) is 6.14. The monoisotopic (exact) mass is 589 g/mol. The summed E-state index contributed by atoms with van der Waals surface area (Å²) in [6.07, 6.45) is 13.3. The largest absolute Gasteiger partial charge is 0.310 e. The number of aryl methyl sites for hydroxylation is 2. The number of rotatable bonds is 4. The molecule has 3 nitrogen and oxygen atoms in total. The van der Waals surface area contributed by atoms with Gasteiger partial charge in [0, 0.05) is 33.4 Å². The zero-order valence-corrected chi connectivity index (χ0v) is 25.4. The standard InChI is InChI=1S/C43H31N3/c44-28-29-20-25-34(43(26-29)46-41-18-7-3-14-37(41)38-15-4-8-19-42(38)46)32-11-9-10-31(27-32)30-21-23-33(24-22-30)45-39-16-5-1-12-35(39)36-13-2-6-17-40(36)45/h1,3,5-12,14,16-27H,2,4,13,15H2. The van der Waals surface area contributed by atoms with E-state index in [1.54, 1.807) is 0 Å². The van der Waals surface area contributed by atoms with Crippen LogP contribution in [0.3, 0.4) is 0 Å². The lowest BCUT2D eigenvalue weighted by molar-refractivity contribution is 0.967. The molecule has 46 heavy (non-hydrogen) atoms. The highest BCUT2D eigenvalue weighted by Gasteiger charge is 2.21. The quantitative estimate of drug-likeness (QED) is 0.201. The van der Waals surface area contributed by atoms with Gasteiger partial charge in [-0.3, -0.25) is 0 Å². The van der Waals surface area contributed by atoms with Gasteiger partial charge in [-0.15, -0.1) is 0 Å². The molecule has 2 heterocycles. The first kappa shape index (κ1) is 26.5. The molecular formula is C43H31N3. The number of aromatic nitrogens is 2. The van der Waals surface area contributed by atoms with Gasteiger partial charge in [-0.1, -0.05) is 84.9 Å². The molecular weight excluding hydrogens is 558 g/mol. The van der Waals surface area contributed by atoms with Gasteiger partial charge in [-0.2, -0.15) is 5.26 Å². The molecule has 9 rings (SSSR count). The Hall–Kier alpha value is -5.85. The van der Waals surface area contributed by atoms with Crippen molar-refractivity contribution in [3.63, 3.8) is 0 Å².